The quantitative estimate of drug-likeness (QED) is 0.839. The highest BCUT2D eigenvalue weighted by Gasteiger charge is 2.25. The molecule has 1 rings (SSSR count). The summed E-state index contributed by atoms with van der Waals surface area (Å²) in [5.41, 5.74) is 5.37. The third-order valence-corrected chi connectivity index (χ3v) is 4.51. The molecule has 0 radical (unpaired) electrons. The van der Waals surface area contributed by atoms with Crippen molar-refractivity contribution in [2.24, 2.45) is 0 Å². The first-order valence-electron chi connectivity index (χ1n) is 6.16. The molecule has 1 aromatic rings. The highest BCUT2D eigenvalue weighted by Crippen LogP contribution is 2.18. The predicted octanol–water partition coefficient (Wildman–Crippen LogP) is 1.77. The number of hydrogen-bond donors (Lipinski definition) is 1. The lowest BCUT2D eigenvalue weighted by molar-refractivity contribution is -0.129. The van der Waals surface area contributed by atoms with Crippen LogP contribution in [-0.4, -0.2) is 33.4 Å². The first-order chi connectivity index (χ1) is 8.92. The van der Waals surface area contributed by atoms with Gasteiger partial charge in [-0.1, -0.05) is 0 Å². The normalized spacial score (nSPS) is 13.9. The molecule has 6 heteroatoms. The van der Waals surface area contributed by atoms with Crippen molar-refractivity contribution < 1.29 is 13.4 Å². The van der Waals surface area contributed by atoms with Crippen LogP contribution in [0.5, 0.6) is 0 Å². The summed E-state index contributed by atoms with van der Waals surface area (Å²) in [5.74, 6) is -0.811. The third kappa shape index (κ3) is 3.53. The van der Waals surface area contributed by atoms with E-state index in [0.717, 1.165) is 6.07 Å². The zero-order chi connectivity index (χ0) is 14.6. The van der Waals surface area contributed by atoms with E-state index in [1.165, 1.54) is 12.1 Å². The molecule has 0 saturated heterocycles. The predicted molar refractivity (Wildman–Crippen MR) is 74.6 cm³/mol. The monoisotopic (exact) mass is 286 g/mol. The fourth-order valence-electron chi connectivity index (χ4n) is 1.72. The van der Waals surface area contributed by atoms with E-state index in [1.807, 2.05) is 13.8 Å². The first-order valence-corrected chi connectivity index (χ1v) is 7.38. The highest BCUT2D eigenvalue weighted by atomic mass is 32.2. The number of anilines is 1. The van der Waals surface area contributed by atoms with Crippen molar-refractivity contribution >= 4 is 22.4 Å². The summed E-state index contributed by atoms with van der Waals surface area (Å²) in [4.78, 5) is 14.0. The van der Waals surface area contributed by atoms with Gasteiger partial charge in [-0.3, -0.25) is 9.00 Å². The van der Waals surface area contributed by atoms with E-state index in [1.54, 1.807) is 11.8 Å². The number of nitrogens with zero attached hydrogens (tertiary/aromatic N) is 1. The molecule has 0 aliphatic rings. The minimum absolute atomic E-state index is 0.00322. The molecule has 1 aromatic carbocycles. The summed E-state index contributed by atoms with van der Waals surface area (Å²) in [6.07, 6.45) is 0. The summed E-state index contributed by atoms with van der Waals surface area (Å²) in [6, 6.07) is 3.97. The van der Waals surface area contributed by atoms with Gasteiger partial charge >= 0.3 is 0 Å². The van der Waals surface area contributed by atoms with E-state index in [-0.39, 0.29) is 16.5 Å². The van der Waals surface area contributed by atoms with Gasteiger partial charge in [0.1, 0.15) is 11.1 Å². The number of halogens is 1. The van der Waals surface area contributed by atoms with Crippen molar-refractivity contribution in [3.8, 4) is 0 Å². The maximum absolute atomic E-state index is 13.3. The molecular weight excluding hydrogens is 267 g/mol. The van der Waals surface area contributed by atoms with Crippen LogP contribution in [0.25, 0.3) is 0 Å². The van der Waals surface area contributed by atoms with Gasteiger partial charge in [0, 0.05) is 18.0 Å². The van der Waals surface area contributed by atoms with Crippen molar-refractivity contribution in [3.05, 3.63) is 24.0 Å². The number of rotatable bonds is 5. The van der Waals surface area contributed by atoms with Gasteiger partial charge in [-0.05, 0) is 39.0 Å². The number of carbonyl (C=O) groups is 1. The smallest absolute Gasteiger partial charge is 0.238 e. The summed E-state index contributed by atoms with van der Waals surface area (Å²) >= 11 is 0. The molecule has 19 heavy (non-hydrogen) atoms. The van der Waals surface area contributed by atoms with E-state index >= 15 is 0 Å². The molecule has 0 spiro atoms. The second-order valence-corrected chi connectivity index (χ2v) is 5.91. The number of nitrogen functional groups attached to an aromatic ring is 1. The van der Waals surface area contributed by atoms with E-state index < -0.39 is 21.9 Å². The maximum atomic E-state index is 13.3. The molecule has 0 aliphatic carbocycles. The minimum atomic E-state index is -1.59. The van der Waals surface area contributed by atoms with E-state index in [4.69, 9.17) is 5.73 Å². The summed E-state index contributed by atoms with van der Waals surface area (Å²) in [7, 11) is -1.59. The Balaban J connectivity index is 2.93. The van der Waals surface area contributed by atoms with Gasteiger partial charge in [0.05, 0.1) is 16.5 Å². The molecule has 1 amide bonds. The number of benzene rings is 1. The molecule has 2 N–H and O–H groups in total. The van der Waals surface area contributed by atoms with Crippen LogP contribution in [0.4, 0.5) is 10.1 Å². The average Bonchev–Trinajstić information content (AvgIpc) is 2.41. The average molecular weight is 286 g/mol. The Morgan fingerprint density at radius 2 is 2.00 bits per heavy atom. The molecule has 0 bridgehead atoms. The Morgan fingerprint density at radius 3 is 2.47 bits per heavy atom. The van der Waals surface area contributed by atoms with Crippen LogP contribution in [0.15, 0.2) is 23.1 Å². The molecular formula is C13H19FN2O2S. The molecule has 0 aromatic heterocycles. The maximum Gasteiger partial charge on any atom is 0.238 e. The second kappa shape index (κ2) is 6.65. The van der Waals surface area contributed by atoms with Gasteiger partial charge in [-0.2, -0.15) is 0 Å². The van der Waals surface area contributed by atoms with Gasteiger partial charge in [0.2, 0.25) is 5.91 Å². The van der Waals surface area contributed by atoms with Gasteiger partial charge in [-0.25, -0.2) is 4.39 Å². The van der Waals surface area contributed by atoms with E-state index in [9.17, 15) is 13.4 Å². The fourth-order valence-corrected chi connectivity index (χ4v) is 2.88. The Labute approximate surface area is 115 Å². The zero-order valence-electron chi connectivity index (χ0n) is 11.4. The largest absolute Gasteiger partial charge is 0.396 e. The first kappa shape index (κ1) is 15.6. The van der Waals surface area contributed by atoms with E-state index in [2.05, 4.69) is 0 Å². The second-order valence-electron chi connectivity index (χ2n) is 4.13. The summed E-state index contributed by atoms with van der Waals surface area (Å²) in [6.45, 7) is 6.44. The van der Waals surface area contributed by atoms with Crippen molar-refractivity contribution in [2.75, 3.05) is 18.8 Å². The third-order valence-electron chi connectivity index (χ3n) is 2.95. The fraction of sp³-hybridized carbons (Fsp3) is 0.462. The topological polar surface area (TPSA) is 63.4 Å². The van der Waals surface area contributed by atoms with Gasteiger partial charge < -0.3 is 10.6 Å². The Kier molecular flexibility index (Phi) is 5.47. The number of hydrogen-bond acceptors (Lipinski definition) is 3. The SMILES string of the molecule is CCN(CC)C(=O)C(C)S(=O)c1ccc(N)c(F)c1. The lowest BCUT2D eigenvalue weighted by Crippen LogP contribution is -2.39. The zero-order valence-corrected chi connectivity index (χ0v) is 12.2. The van der Waals surface area contributed by atoms with Crippen molar-refractivity contribution in [1.29, 1.82) is 0 Å². The highest BCUT2D eigenvalue weighted by molar-refractivity contribution is 7.86. The molecule has 106 valence electrons. The van der Waals surface area contributed by atoms with Gasteiger partial charge in [0.25, 0.3) is 0 Å². The molecule has 2 atom stereocenters. The van der Waals surface area contributed by atoms with Crippen molar-refractivity contribution in [2.45, 2.75) is 30.9 Å². The Hall–Kier alpha value is -1.43. The van der Waals surface area contributed by atoms with Crippen LogP contribution >= 0.6 is 0 Å². The van der Waals surface area contributed by atoms with Gasteiger partial charge in [0.15, 0.2) is 0 Å². The van der Waals surface area contributed by atoms with Crippen LogP contribution in [0, 0.1) is 5.82 Å². The standard InChI is InChI=1S/C13H19FN2O2S/c1-4-16(5-2)13(17)9(3)19(18)10-6-7-12(15)11(14)8-10/h6-9H,4-5,15H2,1-3H3. The van der Waals surface area contributed by atoms with Crippen LogP contribution in [-0.2, 0) is 15.6 Å². The number of amides is 1. The molecule has 0 fully saturated rings. The lowest BCUT2D eigenvalue weighted by atomic mass is 10.3. The van der Waals surface area contributed by atoms with Crippen LogP contribution in [0.3, 0.4) is 0 Å². The molecule has 4 nitrogen and oxygen atoms in total. The summed E-state index contributed by atoms with van der Waals surface area (Å²) < 4.78 is 25.6. The van der Waals surface area contributed by atoms with Crippen molar-refractivity contribution in [3.63, 3.8) is 0 Å². The van der Waals surface area contributed by atoms with E-state index in [0.29, 0.717) is 13.1 Å². The molecule has 0 saturated carbocycles. The number of nitrogens with two attached hydrogens (primary N) is 1. The molecule has 0 aliphatic heterocycles. The Bertz CT molecular complexity index is 490. The van der Waals surface area contributed by atoms with Crippen LogP contribution in [0.2, 0.25) is 0 Å². The number of carbonyl (C=O) groups excluding carboxylic acids is 1. The van der Waals surface area contributed by atoms with Crippen LogP contribution in [0.1, 0.15) is 20.8 Å². The lowest BCUT2D eigenvalue weighted by Gasteiger charge is -2.22. The summed E-state index contributed by atoms with van der Waals surface area (Å²) in [5, 5.41) is -0.706. The Morgan fingerprint density at radius 1 is 1.42 bits per heavy atom. The molecule has 0 heterocycles. The van der Waals surface area contributed by atoms with Crippen molar-refractivity contribution in [1.82, 2.24) is 4.90 Å². The van der Waals surface area contributed by atoms with Crippen LogP contribution < -0.4 is 5.73 Å². The van der Waals surface area contributed by atoms with Gasteiger partial charge in [-0.15, -0.1) is 0 Å². The molecule has 2 unspecified atom stereocenters. The minimum Gasteiger partial charge on any atom is -0.396 e.